The molecule has 0 aliphatic heterocycles. The van der Waals surface area contributed by atoms with Gasteiger partial charge in [-0.15, -0.1) is 0 Å². The monoisotopic (exact) mass is 638 g/mol. The first-order valence-corrected chi connectivity index (χ1v) is 10.6. The van der Waals surface area contributed by atoms with Crippen LogP contribution in [-0.4, -0.2) is 66.0 Å². The molecule has 0 saturated heterocycles. The van der Waals surface area contributed by atoms with E-state index < -0.39 is 90.7 Å². The van der Waals surface area contributed by atoms with Crippen molar-refractivity contribution in [2.75, 3.05) is 32.2 Å². The molecule has 0 saturated carbocycles. The fourth-order valence-electron chi connectivity index (χ4n) is 2.46. The van der Waals surface area contributed by atoms with Crippen molar-refractivity contribution in [1.29, 1.82) is 0 Å². The maximum Gasteiger partial charge on any atom is 0.422 e. The van der Waals surface area contributed by atoms with Crippen molar-refractivity contribution in [3.8, 4) is 23.3 Å². The molecular weight excluding hydrogens is 620 g/mol. The summed E-state index contributed by atoms with van der Waals surface area (Å²) in [5.41, 5.74) is 3.62. The third-order valence-electron chi connectivity index (χ3n) is 3.88. The van der Waals surface area contributed by atoms with Gasteiger partial charge in [0.05, 0.1) is 4.92 Å². The van der Waals surface area contributed by atoms with Crippen molar-refractivity contribution in [1.82, 2.24) is 9.97 Å². The highest BCUT2D eigenvalue weighted by Crippen LogP contribution is 2.37. The standard InChI is InChI=1S/C10H8F6N2O4.C10H10F6N2O2/c1-5-2-6(21-3-9(11,12)13)7(18(19)20)8(17-5)22-4-10(14,15)16;1-5-2-6(19-3-9(11,12)13)7(17)8(18-5)20-4-10(14,15)16/h2H,3-4H2,1H3;2H,3-4,17H2,1H3. The number of anilines is 1. The highest BCUT2D eigenvalue weighted by molar-refractivity contribution is 5.60. The second-order valence-corrected chi connectivity index (χ2v) is 7.77. The number of halogens is 12. The van der Waals surface area contributed by atoms with Crippen LogP contribution in [0.15, 0.2) is 12.1 Å². The Bertz CT molecular complexity index is 1140. The molecule has 0 aliphatic carbocycles. The van der Waals surface area contributed by atoms with E-state index in [1.54, 1.807) is 0 Å². The molecule has 10 nitrogen and oxygen atoms in total. The molecule has 0 unspecified atom stereocenters. The maximum absolute atomic E-state index is 12.1. The number of alkyl halides is 12. The maximum atomic E-state index is 12.1. The summed E-state index contributed by atoms with van der Waals surface area (Å²) in [5, 5.41) is 10.8. The average Bonchev–Trinajstić information content (AvgIpc) is 2.78. The van der Waals surface area contributed by atoms with Gasteiger partial charge in [0.2, 0.25) is 11.6 Å². The Hall–Kier alpha value is -4.14. The SMILES string of the molecule is Cc1cc(OCC(F)(F)F)c(N)c(OCC(F)(F)F)n1.Cc1cc(OCC(F)(F)F)c([N+](=O)[O-])c(OCC(F)(F)F)n1. The Morgan fingerprint density at radius 1 is 0.667 bits per heavy atom. The number of aryl methyl sites for hydroxylation is 2. The first kappa shape index (κ1) is 35.9. The molecular formula is C20H18F12N4O6. The summed E-state index contributed by atoms with van der Waals surface area (Å²) >= 11 is 0. The third kappa shape index (κ3) is 14.0. The Morgan fingerprint density at radius 2 is 1.00 bits per heavy atom. The first-order chi connectivity index (χ1) is 18.9. The van der Waals surface area contributed by atoms with Crippen molar-refractivity contribution < 1.29 is 76.6 Å². The topological polar surface area (TPSA) is 132 Å². The summed E-state index contributed by atoms with van der Waals surface area (Å²) in [5.74, 6) is -3.02. The summed E-state index contributed by atoms with van der Waals surface area (Å²) < 4.78 is 162. The molecule has 0 aromatic carbocycles. The second-order valence-electron chi connectivity index (χ2n) is 7.77. The zero-order chi connectivity index (χ0) is 32.7. The van der Waals surface area contributed by atoms with Gasteiger partial charge in [-0.25, -0.2) is 9.97 Å². The molecule has 0 atom stereocenters. The molecule has 2 heterocycles. The van der Waals surface area contributed by atoms with E-state index in [2.05, 4.69) is 28.9 Å². The van der Waals surface area contributed by atoms with Gasteiger partial charge in [0, 0.05) is 23.5 Å². The van der Waals surface area contributed by atoms with E-state index in [4.69, 9.17) is 5.73 Å². The molecule has 0 spiro atoms. The predicted molar refractivity (Wildman–Crippen MR) is 115 cm³/mol. The van der Waals surface area contributed by atoms with E-state index in [-0.39, 0.29) is 11.4 Å². The normalized spacial score (nSPS) is 12.2. The van der Waals surface area contributed by atoms with Crippen molar-refractivity contribution in [3.05, 3.63) is 33.6 Å². The van der Waals surface area contributed by atoms with Crippen LogP contribution in [0.4, 0.5) is 64.1 Å². The van der Waals surface area contributed by atoms with Gasteiger partial charge >= 0.3 is 30.4 Å². The Morgan fingerprint density at radius 3 is 1.40 bits per heavy atom. The molecule has 0 bridgehead atoms. The largest absolute Gasteiger partial charge is 0.482 e. The van der Waals surface area contributed by atoms with Crippen molar-refractivity contribution >= 4 is 11.4 Å². The quantitative estimate of drug-likeness (QED) is 0.199. The van der Waals surface area contributed by atoms with Crippen molar-refractivity contribution in [2.24, 2.45) is 0 Å². The first-order valence-electron chi connectivity index (χ1n) is 10.6. The molecule has 22 heteroatoms. The van der Waals surface area contributed by atoms with Gasteiger partial charge in [0.1, 0.15) is 11.4 Å². The van der Waals surface area contributed by atoms with E-state index in [1.807, 2.05) is 0 Å². The van der Waals surface area contributed by atoms with Crippen LogP contribution in [0, 0.1) is 24.0 Å². The molecule has 2 aromatic rings. The minimum atomic E-state index is -4.80. The lowest BCUT2D eigenvalue weighted by molar-refractivity contribution is -0.387. The zero-order valence-electron chi connectivity index (χ0n) is 20.9. The smallest absolute Gasteiger partial charge is 0.422 e. The van der Waals surface area contributed by atoms with Gasteiger partial charge in [-0.05, 0) is 13.8 Å². The molecule has 2 aromatic heterocycles. The predicted octanol–water partition coefficient (Wildman–Crippen LogP) is 6.03. The van der Waals surface area contributed by atoms with Gasteiger partial charge < -0.3 is 24.7 Å². The average molecular weight is 638 g/mol. The van der Waals surface area contributed by atoms with Crippen LogP contribution in [0.5, 0.6) is 23.3 Å². The van der Waals surface area contributed by atoms with Crippen LogP contribution in [0.1, 0.15) is 11.4 Å². The number of nitro groups is 1. The second kappa shape index (κ2) is 13.7. The molecule has 0 fully saturated rings. The lowest BCUT2D eigenvalue weighted by atomic mass is 10.3. The van der Waals surface area contributed by atoms with E-state index >= 15 is 0 Å². The number of nitrogen functional groups attached to an aromatic ring is 1. The summed E-state index contributed by atoms with van der Waals surface area (Å²) in [6, 6.07) is 1.87. The lowest BCUT2D eigenvalue weighted by Gasteiger charge is -2.15. The van der Waals surface area contributed by atoms with Crippen LogP contribution in [0.3, 0.4) is 0 Å². The minimum Gasteiger partial charge on any atom is -0.482 e. The van der Waals surface area contributed by atoms with E-state index in [1.165, 1.54) is 13.8 Å². The van der Waals surface area contributed by atoms with E-state index in [0.717, 1.165) is 12.1 Å². The van der Waals surface area contributed by atoms with Crippen LogP contribution in [-0.2, 0) is 0 Å². The van der Waals surface area contributed by atoms with Gasteiger partial charge in [0.15, 0.2) is 26.4 Å². The number of rotatable bonds is 9. The number of hydrogen-bond donors (Lipinski definition) is 1. The summed E-state index contributed by atoms with van der Waals surface area (Å²) in [4.78, 5) is 16.6. The molecule has 42 heavy (non-hydrogen) atoms. The van der Waals surface area contributed by atoms with Crippen molar-refractivity contribution in [2.45, 2.75) is 38.6 Å². The number of hydrogen-bond acceptors (Lipinski definition) is 9. The third-order valence-corrected chi connectivity index (χ3v) is 3.88. The Kier molecular flexibility index (Phi) is 11.7. The van der Waals surface area contributed by atoms with Gasteiger partial charge in [-0.2, -0.15) is 52.7 Å². The van der Waals surface area contributed by atoms with E-state index in [9.17, 15) is 62.8 Å². The highest BCUT2D eigenvalue weighted by Gasteiger charge is 2.35. The fraction of sp³-hybridized carbons (Fsp3) is 0.500. The minimum absolute atomic E-state index is 0.105. The zero-order valence-corrected chi connectivity index (χ0v) is 20.9. The molecule has 2 N–H and O–H groups in total. The number of ether oxygens (including phenoxy) is 4. The number of aromatic nitrogens is 2. The molecule has 238 valence electrons. The number of nitrogens with two attached hydrogens (primary N) is 1. The number of nitrogens with zero attached hydrogens (tertiary/aromatic N) is 3. The Balaban J connectivity index is 0.000000422. The van der Waals surface area contributed by atoms with Crippen LogP contribution < -0.4 is 24.7 Å². The summed E-state index contributed by atoms with van der Waals surface area (Å²) in [6.45, 7) is -4.48. The molecule has 0 aliphatic rings. The highest BCUT2D eigenvalue weighted by atomic mass is 19.4. The molecule has 0 amide bonds. The lowest BCUT2D eigenvalue weighted by Crippen LogP contribution is -2.21. The van der Waals surface area contributed by atoms with Crippen molar-refractivity contribution in [3.63, 3.8) is 0 Å². The Labute approximate surface area is 226 Å². The summed E-state index contributed by atoms with van der Waals surface area (Å²) in [6.07, 6.45) is -18.8. The number of pyridine rings is 2. The van der Waals surface area contributed by atoms with Crippen LogP contribution >= 0.6 is 0 Å². The summed E-state index contributed by atoms with van der Waals surface area (Å²) in [7, 11) is 0. The van der Waals surface area contributed by atoms with Gasteiger partial charge in [-0.3, -0.25) is 10.1 Å². The molecule has 2 rings (SSSR count). The van der Waals surface area contributed by atoms with Gasteiger partial charge in [-0.1, -0.05) is 0 Å². The van der Waals surface area contributed by atoms with Crippen LogP contribution in [0.2, 0.25) is 0 Å². The van der Waals surface area contributed by atoms with E-state index in [0.29, 0.717) is 0 Å². The fourth-order valence-corrected chi connectivity index (χ4v) is 2.46. The molecule has 0 radical (unpaired) electrons. The van der Waals surface area contributed by atoms with Crippen LogP contribution in [0.25, 0.3) is 0 Å². The van der Waals surface area contributed by atoms with Gasteiger partial charge in [0.25, 0.3) is 5.88 Å².